The lowest BCUT2D eigenvalue weighted by Crippen LogP contribution is -1.76. The Morgan fingerprint density at radius 3 is 2.75 bits per heavy atom. The molecule has 0 bridgehead atoms. The normalized spacial score (nSPS) is 34.0. The minimum absolute atomic E-state index is 0.894. The van der Waals surface area contributed by atoms with Crippen molar-refractivity contribution in [3.63, 3.8) is 0 Å². The van der Waals surface area contributed by atoms with Gasteiger partial charge in [-0.1, -0.05) is 13.3 Å². The summed E-state index contributed by atoms with van der Waals surface area (Å²) in [6.07, 6.45) is 8.86. The van der Waals surface area contributed by atoms with Crippen LogP contribution in [0.15, 0.2) is 0 Å². The van der Waals surface area contributed by atoms with Crippen LogP contribution in [0, 0.1) is 24.2 Å². The largest absolute Gasteiger partial charge is 0.120 e. The Morgan fingerprint density at radius 2 is 2.38 bits per heavy atom. The molecule has 0 aromatic rings. The molecule has 0 spiro atoms. The van der Waals surface area contributed by atoms with E-state index in [1.807, 2.05) is 0 Å². The smallest absolute Gasteiger partial charge is 0.0117 e. The third kappa shape index (κ3) is 1.04. The molecular formula is C8H12. The Labute approximate surface area is 51.3 Å². The van der Waals surface area contributed by atoms with E-state index in [9.17, 15) is 0 Å². The molecule has 1 aliphatic carbocycles. The molecule has 1 saturated carbocycles. The summed E-state index contributed by atoms with van der Waals surface area (Å²) in [6, 6.07) is 0. The van der Waals surface area contributed by atoms with Gasteiger partial charge in [0.1, 0.15) is 0 Å². The first kappa shape index (κ1) is 5.69. The number of hydrogen-bond donors (Lipinski definition) is 0. The molecular weight excluding hydrogens is 96.1 g/mol. The van der Waals surface area contributed by atoms with Gasteiger partial charge in [-0.2, -0.15) is 0 Å². The summed E-state index contributed by atoms with van der Waals surface area (Å²) in [5, 5.41) is 0. The van der Waals surface area contributed by atoms with Crippen LogP contribution in [0.5, 0.6) is 0 Å². The Kier molecular flexibility index (Phi) is 1.58. The number of hydrogen-bond acceptors (Lipinski definition) is 0. The zero-order valence-electron chi connectivity index (χ0n) is 5.35. The molecule has 0 unspecified atom stereocenters. The van der Waals surface area contributed by atoms with Crippen molar-refractivity contribution in [2.45, 2.75) is 26.2 Å². The van der Waals surface area contributed by atoms with Crippen LogP contribution in [-0.2, 0) is 0 Å². The lowest BCUT2D eigenvalue weighted by atomic mass is 10.2. The minimum atomic E-state index is 0.894. The second-order valence-electron chi connectivity index (χ2n) is 2.57. The molecule has 8 heavy (non-hydrogen) atoms. The van der Waals surface area contributed by atoms with Gasteiger partial charge >= 0.3 is 0 Å². The summed E-state index contributed by atoms with van der Waals surface area (Å²) in [5.74, 6) is 4.57. The van der Waals surface area contributed by atoms with Crippen LogP contribution in [0.3, 0.4) is 0 Å². The van der Waals surface area contributed by atoms with Gasteiger partial charge in [0.05, 0.1) is 0 Å². The second-order valence-corrected chi connectivity index (χ2v) is 2.57. The van der Waals surface area contributed by atoms with Crippen LogP contribution in [-0.4, -0.2) is 0 Å². The van der Waals surface area contributed by atoms with E-state index >= 15 is 0 Å². The van der Waals surface area contributed by atoms with Crippen molar-refractivity contribution >= 4 is 0 Å². The second kappa shape index (κ2) is 2.22. The molecule has 0 saturated heterocycles. The van der Waals surface area contributed by atoms with E-state index in [4.69, 9.17) is 6.42 Å². The third-order valence-corrected chi connectivity index (χ3v) is 1.97. The zero-order chi connectivity index (χ0) is 5.98. The molecule has 44 valence electrons. The molecule has 1 fully saturated rings. The van der Waals surface area contributed by atoms with Gasteiger partial charge in [-0.3, -0.25) is 0 Å². The van der Waals surface area contributed by atoms with Gasteiger partial charge in [0.25, 0.3) is 0 Å². The Hall–Kier alpha value is -0.440. The fraction of sp³-hybridized carbons (Fsp3) is 0.750. The van der Waals surface area contributed by atoms with Crippen LogP contribution >= 0.6 is 0 Å². The van der Waals surface area contributed by atoms with Crippen molar-refractivity contribution < 1.29 is 0 Å². The number of terminal acetylenes is 1. The van der Waals surface area contributed by atoms with Gasteiger partial charge in [0.15, 0.2) is 0 Å². The van der Waals surface area contributed by atoms with Gasteiger partial charge < -0.3 is 0 Å². The van der Waals surface area contributed by atoms with Crippen LogP contribution in [0.2, 0.25) is 0 Å². The monoisotopic (exact) mass is 108 g/mol. The maximum atomic E-state index is 5.14. The standard InChI is InChI=1S/C8H12/c1-3-5-8-6-7(8)4-2/h1,7-8H,4-6H2,2H3/t7-,8+/m0/s1. The minimum Gasteiger partial charge on any atom is -0.120 e. The fourth-order valence-electron chi connectivity index (χ4n) is 1.21. The summed E-state index contributed by atoms with van der Waals surface area (Å²) in [5.41, 5.74) is 0. The van der Waals surface area contributed by atoms with Crippen LogP contribution in [0.1, 0.15) is 26.2 Å². The zero-order valence-corrected chi connectivity index (χ0v) is 5.35. The molecule has 0 amide bonds. The number of rotatable bonds is 2. The Bertz CT molecular complexity index is 108. The Balaban J connectivity index is 2.10. The highest BCUT2D eigenvalue weighted by Crippen LogP contribution is 2.42. The molecule has 1 rings (SSSR count). The summed E-state index contributed by atoms with van der Waals surface area (Å²) in [4.78, 5) is 0. The maximum absolute atomic E-state index is 5.14. The van der Waals surface area contributed by atoms with Crippen molar-refractivity contribution in [3.8, 4) is 12.3 Å². The summed E-state index contributed by atoms with van der Waals surface area (Å²) >= 11 is 0. The van der Waals surface area contributed by atoms with E-state index in [0.717, 1.165) is 18.3 Å². The predicted octanol–water partition coefficient (Wildman–Crippen LogP) is 2.06. The molecule has 0 N–H and O–H groups in total. The first-order chi connectivity index (χ1) is 3.88. The van der Waals surface area contributed by atoms with E-state index in [0.29, 0.717) is 0 Å². The molecule has 0 aliphatic heterocycles. The van der Waals surface area contributed by atoms with Crippen LogP contribution in [0.4, 0.5) is 0 Å². The van der Waals surface area contributed by atoms with Gasteiger partial charge in [0.2, 0.25) is 0 Å². The fourth-order valence-corrected chi connectivity index (χ4v) is 1.21. The SMILES string of the molecule is C#CC[C@@H]1C[C@@H]1CC. The average molecular weight is 108 g/mol. The van der Waals surface area contributed by atoms with E-state index in [1.165, 1.54) is 12.8 Å². The van der Waals surface area contributed by atoms with Crippen molar-refractivity contribution in [2.24, 2.45) is 11.8 Å². The first-order valence-corrected chi connectivity index (χ1v) is 3.32. The summed E-state index contributed by atoms with van der Waals surface area (Å²) in [7, 11) is 0. The van der Waals surface area contributed by atoms with E-state index in [-0.39, 0.29) is 0 Å². The highest BCUT2D eigenvalue weighted by atomic mass is 14.4. The van der Waals surface area contributed by atoms with Crippen LogP contribution < -0.4 is 0 Å². The molecule has 2 atom stereocenters. The highest BCUT2D eigenvalue weighted by Gasteiger charge is 2.33. The molecule has 0 aromatic carbocycles. The highest BCUT2D eigenvalue weighted by molar-refractivity contribution is 4.96. The van der Waals surface area contributed by atoms with Gasteiger partial charge in [-0.05, 0) is 18.3 Å². The van der Waals surface area contributed by atoms with Crippen molar-refractivity contribution in [2.75, 3.05) is 0 Å². The quantitative estimate of drug-likeness (QED) is 0.475. The third-order valence-electron chi connectivity index (χ3n) is 1.97. The first-order valence-electron chi connectivity index (χ1n) is 3.32. The lowest BCUT2D eigenvalue weighted by molar-refractivity contribution is 0.695. The molecule has 0 radical (unpaired) electrons. The van der Waals surface area contributed by atoms with Crippen LogP contribution in [0.25, 0.3) is 0 Å². The lowest BCUT2D eigenvalue weighted by Gasteiger charge is -1.85. The Morgan fingerprint density at radius 1 is 1.62 bits per heavy atom. The van der Waals surface area contributed by atoms with Gasteiger partial charge in [-0.15, -0.1) is 12.3 Å². The van der Waals surface area contributed by atoms with Crippen molar-refractivity contribution in [3.05, 3.63) is 0 Å². The molecule has 0 heteroatoms. The van der Waals surface area contributed by atoms with Crippen molar-refractivity contribution in [1.82, 2.24) is 0 Å². The predicted molar refractivity (Wildman–Crippen MR) is 35.3 cm³/mol. The molecule has 0 heterocycles. The van der Waals surface area contributed by atoms with Crippen molar-refractivity contribution in [1.29, 1.82) is 0 Å². The van der Waals surface area contributed by atoms with E-state index in [1.54, 1.807) is 0 Å². The van der Waals surface area contributed by atoms with Gasteiger partial charge in [0, 0.05) is 6.42 Å². The topological polar surface area (TPSA) is 0 Å². The average Bonchev–Trinajstić information content (AvgIpc) is 2.48. The van der Waals surface area contributed by atoms with E-state index in [2.05, 4.69) is 12.8 Å². The van der Waals surface area contributed by atoms with E-state index < -0.39 is 0 Å². The maximum Gasteiger partial charge on any atom is 0.0117 e. The summed E-state index contributed by atoms with van der Waals surface area (Å²) in [6.45, 7) is 2.24. The van der Waals surface area contributed by atoms with Gasteiger partial charge in [-0.25, -0.2) is 0 Å². The molecule has 0 nitrogen and oxygen atoms in total. The summed E-state index contributed by atoms with van der Waals surface area (Å²) < 4.78 is 0. The molecule has 0 aromatic heterocycles. The molecule has 1 aliphatic rings.